The zero-order valence-corrected chi connectivity index (χ0v) is 17.8. The van der Waals surface area contributed by atoms with Crippen LogP contribution in [0, 0.1) is 25.2 Å². The largest absolute Gasteiger partial charge is 0.496 e. The quantitative estimate of drug-likeness (QED) is 0.305. The highest BCUT2D eigenvalue weighted by Crippen LogP contribution is 2.36. The van der Waals surface area contributed by atoms with Crippen molar-refractivity contribution in [3.63, 3.8) is 0 Å². The standard InChI is InChI=1S/C22H24N2O6/c1-7-30-22(26)20-13(3)24-12(2)19(20)21(25)15(11-23)8-14-9-17(28-5)18(29-6)10-16(14)27-4/h8-10,24H,7H2,1-6H3/b15-8+. The van der Waals surface area contributed by atoms with Crippen LogP contribution in [0.5, 0.6) is 17.2 Å². The molecule has 1 aromatic carbocycles. The number of hydrogen-bond donors (Lipinski definition) is 1. The molecule has 0 aliphatic rings. The molecule has 158 valence electrons. The number of Topliss-reactive ketones (excluding diaryl/α,β-unsaturated/α-hetero) is 1. The summed E-state index contributed by atoms with van der Waals surface area (Å²) in [5, 5.41) is 9.68. The van der Waals surface area contributed by atoms with Crippen LogP contribution in [-0.2, 0) is 4.74 Å². The Labute approximate surface area is 175 Å². The fourth-order valence-electron chi connectivity index (χ4n) is 3.13. The van der Waals surface area contributed by atoms with Crippen molar-refractivity contribution in [2.24, 2.45) is 0 Å². The number of nitrogens with one attached hydrogen (secondary N) is 1. The molecule has 0 radical (unpaired) electrons. The molecule has 0 aliphatic carbocycles. The van der Waals surface area contributed by atoms with E-state index >= 15 is 0 Å². The number of nitriles is 1. The van der Waals surface area contributed by atoms with E-state index in [2.05, 4.69) is 4.98 Å². The molecular weight excluding hydrogens is 388 g/mol. The summed E-state index contributed by atoms with van der Waals surface area (Å²) in [4.78, 5) is 28.6. The van der Waals surface area contributed by atoms with E-state index in [1.165, 1.54) is 27.4 Å². The summed E-state index contributed by atoms with van der Waals surface area (Å²) in [5.74, 6) is 0.0249. The summed E-state index contributed by atoms with van der Waals surface area (Å²) in [6, 6.07) is 5.12. The van der Waals surface area contributed by atoms with Crippen molar-refractivity contribution >= 4 is 17.8 Å². The molecule has 0 atom stereocenters. The average Bonchev–Trinajstić information content (AvgIpc) is 3.04. The molecule has 0 saturated heterocycles. The number of aromatic nitrogens is 1. The number of ether oxygens (including phenoxy) is 4. The van der Waals surface area contributed by atoms with Crippen molar-refractivity contribution in [2.75, 3.05) is 27.9 Å². The zero-order valence-electron chi connectivity index (χ0n) is 17.8. The number of aromatic amines is 1. The predicted octanol–water partition coefficient (Wildman–Crippen LogP) is 3.62. The molecule has 8 nitrogen and oxygen atoms in total. The van der Waals surface area contributed by atoms with Gasteiger partial charge >= 0.3 is 5.97 Å². The lowest BCUT2D eigenvalue weighted by Crippen LogP contribution is -2.13. The van der Waals surface area contributed by atoms with E-state index in [-0.39, 0.29) is 23.3 Å². The molecule has 0 spiro atoms. The van der Waals surface area contributed by atoms with Crippen LogP contribution in [0.4, 0.5) is 0 Å². The summed E-state index contributed by atoms with van der Waals surface area (Å²) < 4.78 is 21.0. The first-order valence-corrected chi connectivity index (χ1v) is 9.15. The number of carbonyl (C=O) groups excluding carboxylic acids is 2. The van der Waals surface area contributed by atoms with Gasteiger partial charge in [-0.25, -0.2) is 4.79 Å². The second kappa shape index (κ2) is 9.65. The lowest BCUT2D eigenvalue weighted by atomic mass is 9.97. The minimum atomic E-state index is -0.622. The Morgan fingerprint density at radius 1 is 1.00 bits per heavy atom. The summed E-state index contributed by atoms with van der Waals surface area (Å²) in [6.07, 6.45) is 1.39. The van der Waals surface area contributed by atoms with E-state index in [1.807, 2.05) is 6.07 Å². The SMILES string of the molecule is CCOC(=O)c1c(C)[nH]c(C)c1C(=O)/C(C#N)=C/c1cc(OC)c(OC)cc1OC. The van der Waals surface area contributed by atoms with Crippen LogP contribution in [0.15, 0.2) is 17.7 Å². The van der Waals surface area contributed by atoms with E-state index in [0.29, 0.717) is 34.2 Å². The molecule has 1 aromatic heterocycles. The summed E-state index contributed by atoms with van der Waals surface area (Å²) in [7, 11) is 4.43. The number of methoxy groups -OCH3 is 3. The van der Waals surface area contributed by atoms with Crippen LogP contribution < -0.4 is 14.2 Å². The molecular formula is C22H24N2O6. The smallest absolute Gasteiger partial charge is 0.340 e. The first kappa shape index (κ1) is 22.6. The van der Waals surface area contributed by atoms with E-state index < -0.39 is 11.8 Å². The topological polar surface area (TPSA) is 111 Å². The van der Waals surface area contributed by atoms with Crippen LogP contribution in [0.1, 0.15) is 44.6 Å². The Balaban J connectivity index is 2.62. The third kappa shape index (κ3) is 4.30. The Morgan fingerprint density at radius 2 is 1.57 bits per heavy atom. The van der Waals surface area contributed by atoms with Gasteiger partial charge in [-0.15, -0.1) is 0 Å². The predicted molar refractivity (Wildman–Crippen MR) is 110 cm³/mol. The van der Waals surface area contributed by atoms with E-state index in [1.54, 1.807) is 32.9 Å². The first-order chi connectivity index (χ1) is 14.3. The number of H-pyrrole nitrogens is 1. The number of esters is 1. The average molecular weight is 412 g/mol. The lowest BCUT2D eigenvalue weighted by molar-refractivity contribution is 0.0523. The number of allylic oxidation sites excluding steroid dienone is 1. The van der Waals surface area contributed by atoms with Crippen LogP contribution in [0.25, 0.3) is 6.08 Å². The van der Waals surface area contributed by atoms with Gasteiger partial charge in [0, 0.05) is 23.0 Å². The van der Waals surface area contributed by atoms with Crippen LogP contribution >= 0.6 is 0 Å². The van der Waals surface area contributed by atoms with Gasteiger partial charge in [-0.05, 0) is 32.9 Å². The Kier molecular flexibility index (Phi) is 7.26. The third-order valence-electron chi connectivity index (χ3n) is 4.48. The Bertz CT molecular complexity index is 1040. The van der Waals surface area contributed by atoms with E-state index in [0.717, 1.165) is 0 Å². The van der Waals surface area contributed by atoms with Gasteiger partial charge in [0.05, 0.1) is 39.1 Å². The molecule has 8 heteroatoms. The van der Waals surface area contributed by atoms with Gasteiger partial charge < -0.3 is 23.9 Å². The van der Waals surface area contributed by atoms with Crippen molar-refractivity contribution in [2.45, 2.75) is 20.8 Å². The summed E-state index contributed by atoms with van der Waals surface area (Å²) in [5.41, 5.74) is 1.48. The summed E-state index contributed by atoms with van der Waals surface area (Å²) >= 11 is 0. The van der Waals surface area contributed by atoms with Gasteiger partial charge in [-0.3, -0.25) is 4.79 Å². The number of benzene rings is 1. The van der Waals surface area contributed by atoms with Crippen molar-refractivity contribution in [1.29, 1.82) is 5.26 Å². The maximum Gasteiger partial charge on any atom is 0.340 e. The number of ketones is 1. The molecule has 30 heavy (non-hydrogen) atoms. The maximum atomic E-state index is 13.2. The minimum absolute atomic E-state index is 0.109. The molecule has 2 rings (SSSR count). The molecule has 0 bridgehead atoms. The van der Waals surface area contributed by atoms with Crippen LogP contribution in [-0.4, -0.2) is 44.7 Å². The summed E-state index contributed by atoms with van der Waals surface area (Å²) in [6.45, 7) is 5.18. The fourth-order valence-corrected chi connectivity index (χ4v) is 3.13. The van der Waals surface area contributed by atoms with Crippen molar-refractivity contribution in [1.82, 2.24) is 4.98 Å². The maximum absolute atomic E-state index is 13.2. The molecule has 2 aromatic rings. The molecule has 1 heterocycles. The number of carbonyl (C=O) groups is 2. The second-order valence-corrected chi connectivity index (χ2v) is 6.29. The number of hydrogen-bond acceptors (Lipinski definition) is 7. The Morgan fingerprint density at radius 3 is 2.10 bits per heavy atom. The molecule has 0 amide bonds. The zero-order chi connectivity index (χ0) is 22.4. The van der Waals surface area contributed by atoms with Crippen molar-refractivity contribution in [3.05, 3.63) is 45.8 Å². The second-order valence-electron chi connectivity index (χ2n) is 6.29. The molecule has 1 N–H and O–H groups in total. The highest BCUT2D eigenvalue weighted by Gasteiger charge is 2.27. The van der Waals surface area contributed by atoms with Crippen LogP contribution in [0.3, 0.4) is 0 Å². The monoisotopic (exact) mass is 412 g/mol. The highest BCUT2D eigenvalue weighted by atomic mass is 16.5. The number of nitrogens with zero attached hydrogens (tertiary/aromatic N) is 1. The van der Waals surface area contributed by atoms with Crippen LogP contribution in [0.2, 0.25) is 0 Å². The van der Waals surface area contributed by atoms with Crippen molar-refractivity contribution < 1.29 is 28.5 Å². The van der Waals surface area contributed by atoms with Gasteiger partial charge in [0.2, 0.25) is 5.78 Å². The highest BCUT2D eigenvalue weighted by molar-refractivity contribution is 6.19. The fraction of sp³-hybridized carbons (Fsp3) is 0.318. The first-order valence-electron chi connectivity index (χ1n) is 9.15. The van der Waals surface area contributed by atoms with Gasteiger partial charge in [-0.2, -0.15) is 5.26 Å². The van der Waals surface area contributed by atoms with Crippen molar-refractivity contribution in [3.8, 4) is 23.3 Å². The van der Waals surface area contributed by atoms with Gasteiger partial charge in [0.15, 0.2) is 11.5 Å². The number of aryl methyl sites for hydroxylation is 2. The van der Waals surface area contributed by atoms with E-state index in [4.69, 9.17) is 18.9 Å². The Hall–Kier alpha value is -3.73. The van der Waals surface area contributed by atoms with Gasteiger partial charge in [0.1, 0.15) is 17.4 Å². The molecule has 0 fully saturated rings. The molecule has 0 saturated carbocycles. The lowest BCUT2D eigenvalue weighted by Gasteiger charge is -2.12. The van der Waals surface area contributed by atoms with Gasteiger partial charge in [-0.1, -0.05) is 0 Å². The molecule has 0 aliphatic heterocycles. The van der Waals surface area contributed by atoms with Gasteiger partial charge in [0.25, 0.3) is 0 Å². The minimum Gasteiger partial charge on any atom is -0.496 e. The third-order valence-corrected chi connectivity index (χ3v) is 4.48. The number of rotatable bonds is 8. The molecule has 0 unspecified atom stereocenters. The normalized spacial score (nSPS) is 10.9. The van der Waals surface area contributed by atoms with E-state index in [9.17, 15) is 14.9 Å².